The Bertz CT molecular complexity index is 462. The first-order chi connectivity index (χ1) is 8.13. The largest absolute Gasteiger partial charge is 0.391 e. The van der Waals surface area contributed by atoms with Crippen LogP contribution in [0.2, 0.25) is 0 Å². The SMILES string of the molecule is Cc1c(C#N)ccc(NC2CCCC2O)c1C. The smallest absolute Gasteiger partial charge is 0.0994 e. The van der Waals surface area contributed by atoms with E-state index in [1.165, 1.54) is 0 Å². The zero-order chi connectivity index (χ0) is 12.4. The topological polar surface area (TPSA) is 56.0 Å². The number of aliphatic hydroxyl groups is 1. The van der Waals surface area contributed by atoms with Crippen LogP contribution in [0.25, 0.3) is 0 Å². The van der Waals surface area contributed by atoms with E-state index in [-0.39, 0.29) is 12.1 Å². The van der Waals surface area contributed by atoms with Gasteiger partial charge in [-0.3, -0.25) is 0 Å². The highest BCUT2D eigenvalue weighted by atomic mass is 16.3. The molecule has 0 spiro atoms. The predicted molar refractivity (Wildman–Crippen MR) is 67.9 cm³/mol. The molecule has 0 amide bonds. The normalized spacial score (nSPS) is 23.4. The second kappa shape index (κ2) is 4.77. The Kier molecular flexibility index (Phi) is 3.35. The number of nitriles is 1. The number of nitrogens with one attached hydrogen (secondary N) is 1. The van der Waals surface area contributed by atoms with Crippen LogP contribution in [0.15, 0.2) is 12.1 Å². The van der Waals surface area contributed by atoms with E-state index in [9.17, 15) is 5.11 Å². The lowest BCUT2D eigenvalue weighted by atomic mass is 10.0. The molecule has 0 aliphatic heterocycles. The molecule has 2 rings (SSSR count). The monoisotopic (exact) mass is 230 g/mol. The van der Waals surface area contributed by atoms with Crippen LogP contribution in [0.5, 0.6) is 0 Å². The first-order valence-corrected chi connectivity index (χ1v) is 6.08. The second-order valence-electron chi connectivity index (χ2n) is 4.77. The standard InChI is InChI=1S/C14H18N2O/c1-9-10(2)12(7-6-11(9)8-15)16-13-4-3-5-14(13)17/h6-7,13-14,16-17H,3-5H2,1-2H3. The maximum absolute atomic E-state index is 9.80. The zero-order valence-corrected chi connectivity index (χ0v) is 10.3. The summed E-state index contributed by atoms with van der Waals surface area (Å²) in [4.78, 5) is 0. The van der Waals surface area contributed by atoms with Crippen LogP contribution < -0.4 is 5.32 Å². The average molecular weight is 230 g/mol. The third-order valence-corrected chi connectivity index (χ3v) is 3.73. The molecule has 3 heteroatoms. The molecule has 0 heterocycles. The molecule has 3 nitrogen and oxygen atoms in total. The molecule has 1 aromatic carbocycles. The molecule has 1 fully saturated rings. The molecule has 2 atom stereocenters. The molecule has 2 unspecified atom stereocenters. The summed E-state index contributed by atoms with van der Waals surface area (Å²) in [5.74, 6) is 0. The number of rotatable bonds is 2. The second-order valence-corrected chi connectivity index (χ2v) is 4.77. The van der Waals surface area contributed by atoms with Crippen LogP contribution in [0.3, 0.4) is 0 Å². The number of anilines is 1. The highest BCUT2D eigenvalue weighted by Gasteiger charge is 2.25. The van der Waals surface area contributed by atoms with Gasteiger partial charge in [0.05, 0.1) is 23.8 Å². The zero-order valence-electron chi connectivity index (χ0n) is 10.3. The van der Waals surface area contributed by atoms with Crippen molar-refractivity contribution >= 4 is 5.69 Å². The van der Waals surface area contributed by atoms with E-state index in [1.807, 2.05) is 26.0 Å². The van der Waals surface area contributed by atoms with Crippen LogP contribution in [0, 0.1) is 25.2 Å². The summed E-state index contributed by atoms with van der Waals surface area (Å²) < 4.78 is 0. The molecular weight excluding hydrogens is 212 g/mol. The lowest BCUT2D eigenvalue weighted by Crippen LogP contribution is -2.28. The van der Waals surface area contributed by atoms with E-state index >= 15 is 0 Å². The van der Waals surface area contributed by atoms with Crippen molar-refractivity contribution in [1.29, 1.82) is 5.26 Å². The number of hydrogen-bond acceptors (Lipinski definition) is 3. The van der Waals surface area contributed by atoms with E-state index in [0.29, 0.717) is 0 Å². The molecular formula is C14H18N2O. The third kappa shape index (κ3) is 2.27. The fourth-order valence-electron chi connectivity index (χ4n) is 2.41. The molecule has 90 valence electrons. The van der Waals surface area contributed by atoms with Gasteiger partial charge in [0.1, 0.15) is 0 Å². The van der Waals surface area contributed by atoms with Crippen LogP contribution in [0.1, 0.15) is 36.0 Å². The fourth-order valence-corrected chi connectivity index (χ4v) is 2.41. The maximum atomic E-state index is 9.80. The third-order valence-electron chi connectivity index (χ3n) is 3.73. The van der Waals surface area contributed by atoms with Crippen molar-refractivity contribution in [2.75, 3.05) is 5.32 Å². The van der Waals surface area contributed by atoms with Gasteiger partial charge in [0, 0.05) is 5.69 Å². The quantitative estimate of drug-likeness (QED) is 0.820. The van der Waals surface area contributed by atoms with Gasteiger partial charge in [-0.05, 0) is 56.4 Å². The lowest BCUT2D eigenvalue weighted by Gasteiger charge is -2.20. The van der Waals surface area contributed by atoms with Gasteiger partial charge in [-0.15, -0.1) is 0 Å². The minimum absolute atomic E-state index is 0.154. The van der Waals surface area contributed by atoms with Crippen LogP contribution in [0.4, 0.5) is 5.69 Å². The highest BCUT2D eigenvalue weighted by molar-refractivity contribution is 5.59. The highest BCUT2D eigenvalue weighted by Crippen LogP contribution is 2.27. The molecule has 2 N–H and O–H groups in total. The summed E-state index contributed by atoms with van der Waals surface area (Å²) >= 11 is 0. The Morgan fingerprint density at radius 3 is 2.65 bits per heavy atom. The van der Waals surface area contributed by atoms with Gasteiger partial charge in [-0.25, -0.2) is 0 Å². The van der Waals surface area contributed by atoms with Gasteiger partial charge in [-0.2, -0.15) is 5.26 Å². The van der Waals surface area contributed by atoms with Crippen LogP contribution >= 0.6 is 0 Å². The van der Waals surface area contributed by atoms with E-state index in [0.717, 1.165) is 41.6 Å². The van der Waals surface area contributed by atoms with Crippen molar-refractivity contribution < 1.29 is 5.11 Å². The van der Waals surface area contributed by atoms with E-state index in [2.05, 4.69) is 11.4 Å². The maximum Gasteiger partial charge on any atom is 0.0994 e. The van der Waals surface area contributed by atoms with Gasteiger partial charge < -0.3 is 10.4 Å². The van der Waals surface area contributed by atoms with Crippen molar-refractivity contribution in [1.82, 2.24) is 0 Å². The molecule has 1 aromatic rings. The summed E-state index contributed by atoms with van der Waals surface area (Å²) in [6.45, 7) is 3.98. The minimum Gasteiger partial charge on any atom is -0.391 e. The predicted octanol–water partition coefficient (Wildman–Crippen LogP) is 2.50. The first-order valence-electron chi connectivity index (χ1n) is 6.08. The van der Waals surface area contributed by atoms with Gasteiger partial charge in [0.2, 0.25) is 0 Å². The number of hydrogen-bond donors (Lipinski definition) is 2. The Morgan fingerprint density at radius 2 is 2.06 bits per heavy atom. The number of benzene rings is 1. The van der Waals surface area contributed by atoms with Crippen LogP contribution in [-0.2, 0) is 0 Å². The molecule has 0 radical (unpaired) electrons. The van der Waals surface area contributed by atoms with Crippen molar-refractivity contribution in [2.24, 2.45) is 0 Å². The summed E-state index contributed by atoms with van der Waals surface area (Å²) in [7, 11) is 0. The van der Waals surface area contributed by atoms with Crippen molar-refractivity contribution in [2.45, 2.75) is 45.3 Å². The lowest BCUT2D eigenvalue weighted by molar-refractivity contribution is 0.172. The molecule has 0 bridgehead atoms. The minimum atomic E-state index is -0.245. The number of aliphatic hydroxyl groups excluding tert-OH is 1. The Balaban J connectivity index is 2.22. The van der Waals surface area contributed by atoms with Gasteiger partial charge in [-0.1, -0.05) is 0 Å². The van der Waals surface area contributed by atoms with Crippen molar-refractivity contribution in [3.8, 4) is 6.07 Å². The number of nitrogens with zero attached hydrogens (tertiary/aromatic N) is 1. The summed E-state index contributed by atoms with van der Waals surface area (Å²) in [6, 6.07) is 6.12. The van der Waals surface area contributed by atoms with Gasteiger partial charge in [0.25, 0.3) is 0 Å². The molecule has 1 saturated carbocycles. The first kappa shape index (κ1) is 11.9. The molecule has 0 aromatic heterocycles. The van der Waals surface area contributed by atoms with Gasteiger partial charge in [0.15, 0.2) is 0 Å². The summed E-state index contributed by atoms with van der Waals surface area (Å²) in [5, 5.41) is 22.1. The molecule has 17 heavy (non-hydrogen) atoms. The summed E-state index contributed by atoms with van der Waals surface area (Å²) in [6.07, 6.45) is 2.73. The van der Waals surface area contributed by atoms with E-state index < -0.39 is 0 Å². The van der Waals surface area contributed by atoms with Crippen molar-refractivity contribution in [3.63, 3.8) is 0 Å². The Labute approximate surface area is 102 Å². The summed E-state index contributed by atoms with van der Waals surface area (Å²) in [5.41, 5.74) is 3.88. The average Bonchev–Trinajstić information content (AvgIpc) is 2.71. The van der Waals surface area contributed by atoms with Gasteiger partial charge >= 0.3 is 0 Å². The molecule has 0 saturated heterocycles. The van der Waals surface area contributed by atoms with E-state index in [1.54, 1.807) is 0 Å². The van der Waals surface area contributed by atoms with Crippen LogP contribution in [-0.4, -0.2) is 17.3 Å². The van der Waals surface area contributed by atoms with Crippen molar-refractivity contribution in [3.05, 3.63) is 28.8 Å². The molecule has 1 aliphatic carbocycles. The Morgan fingerprint density at radius 1 is 1.29 bits per heavy atom. The molecule has 1 aliphatic rings. The fraction of sp³-hybridized carbons (Fsp3) is 0.500. The Hall–Kier alpha value is -1.53. The van der Waals surface area contributed by atoms with E-state index in [4.69, 9.17) is 5.26 Å².